The van der Waals surface area contributed by atoms with Gasteiger partial charge in [-0.2, -0.15) is 0 Å². The van der Waals surface area contributed by atoms with E-state index in [1.807, 2.05) is 4.90 Å². The van der Waals surface area contributed by atoms with Crippen molar-refractivity contribution in [2.45, 2.75) is 33.2 Å². The first kappa shape index (κ1) is 13.1. The number of likely N-dealkylation sites (tertiary alicyclic amines) is 1. The Hall–Kier alpha value is -1.35. The number of amides is 1. The average molecular weight is 246 g/mol. The van der Waals surface area contributed by atoms with Crippen LogP contribution in [0.5, 0.6) is 0 Å². The Kier molecular flexibility index (Phi) is 3.71. The summed E-state index contributed by atoms with van der Waals surface area (Å²) < 4.78 is 0. The second kappa shape index (κ2) is 5.11. The Morgan fingerprint density at radius 3 is 2.72 bits per heavy atom. The minimum absolute atomic E-state index is 0.148. The molecule has 0 aliphatic carbocycles. The molecule has 2 atom stereocenters. The van der Waals surface area contributed by atoms with Crippen molar-refractivity contribution in [2.24, 2.45) is 11.7 Å². The molecular weight excluding hydrogens is 224 g/mol. The van der Waals surface area contributed by atoms with Crippen LogP contribution in [0, 0.1) is 19.8 Å². The van der Waals surface area contributed by atoms with Gasteiger partial charge in [0.05, 0.1) is 6.04 Å². The Balaban J connectivity index is 2.21. The van der Waals surface area contributed by atoms with E-state index in [1.54, 1.807) is 0 Å². The highest BCUT2D eigenvalue weighted by Gasteiger charge is 2.32. The van der Waals surface area contributed by atoms with Crippen LogP contribution in [0.1, 0.15) is 36.1 Å². The van der Waals surface area contributed by atoms with Crippen LogP contribution in [0.25, 0.3) is 0 Å². The molecule has 1 aromatic carbocycles. The summed E-state index contributed by atoms with van der Waals surface area (Å²) in [5, 5.41) is 0. The fourth-order valence-corrected chi connectivity index (χ4v) is 2.80. The molecule has 1 amide bonds. The zero-order valence-corrected chi connectivity index (χ0v) is 11.4. The van der Waals surface area contributed by atoms with E-state index in [2.05, 4.69) is 39.0 Å². The van der Waals surface area contributed by atoms with Gasteiger partial charge in [-0.15, -0.1) is 0 Å². The Morgan fingerprint density at radius 1 is 1.44 bits per heavy atom. The summed E-state index contributed by atoms with van der Waals surface area (Å²) in [6.45, 7) is 7.70. The lowest BCUT2D eigenvalue weighted by Crippen LogP contribution is -2.29. The SMILES string of the molecule is Cc1ccc(C(C)N2CC(CN)CC2=O)c(C)c1. The van der Waals surface area contributed by atoms with Crippen molar-refractivity contribution in [3.05, 3.63) is 34.9 Å². The Labute approximate surface area is 109 Å². The largest absolute Gasteiger partial charge is 0.336 e. The maximum atomic E-state index is 12.0. The molecule has 1 aromatic rings. The maximum Gasteiger partial charge on any atom is 0.223 e. The molecule has 1 heterocycles. The van der Waals surface area contributed by atoms with Gasteiger partial charge >= 0.3 is 0 Å². The van der Waals surface area contributed by atoms with Gasteiger partial charge in [0.25, 0.3) is 0 Å². The van der Waals surface area contributed by atoms with Gasteiger partial charge in [0.2, 0.25) is 5.91 Å². The molecular formula is C15H22N2O. The topological polar surface area (TPSA) is 46.3 Å². The van der Waals surface area contributed by atoms with Crippen molar-refractivity contribution in [3.63, 3.8) is 0 Å². The van der Waals surface area contributed by atoms with Gasteiger partial charge in [0.1, 0.15) is 0 Å². The second-order valence-corrected chi connectivity index (χ2v) is 5.39. The second-order valence-electron chi connectivity index (χ2n) is 5.39. The molecule has 1 fully saturated rings. The van der Waals surface area contributed by atoms with Gasteiger partial charge in [-0.1, -0.05) is 23.8 Å². The number of aryl methyl sites for hydroxylation is 2. The first-order valence-electron chi connectivity index (χ1n) is 6.59. The third-order valence-electron chi connectivity index (χ3n) is 3.91. The molecule has 2 unspecified atom stereocenters. The molecule has 2 N–H and O–H groups in total. The normalized spacial score (nSPS) is 21.4. The number of nitrogens with two attached hydrogens (primary N) is 1. The van der Waals surface area contributed by atoms with Gasteiger partial charge in [-0.25, -0.2) is 0 Å². The number of carbonyl (C=O) groups excluding carboxylic acids is 1. The van der Waals surface area contributed by atoms with Crippen molar-refractivity contribution >= 4 is 5.91 Å². The van der Waals surface area contributed by atoms with Crippen LogP contribution in [0.15, 0.2) is 18.2 Å². The van der Waals surface area contributed by atoms with Crippen LogP contribution in [0.3, 0.4) is 0 Å². The van der Waals surface area contributed by atoms with Crippen LogP contribution >= 0.6 is 0 Å². The smallest absolute Gasteiger partial charge is 0.223 e. The summed E-state index contributed by atoms with van der Waals surface area (Å²) in [7, 11) is 0. The van der Waals surface area contributed by atoms with Crippen LogP contribution < -0.4 is 5.73 Å². The van der Waals surface area contributed by atoms with Gasteiger partial charge in [-0.05, 0) is 44.4 Å². The molecule has 0 bridgehead atoms. The number of hydrogen-bond acceptors (Lipinski definition) is 2. The lowest BCUT2D eigenvalue weighted by molar-refractivity contribution is -0.129. The van der Waals surface area contributed by atoms with E-state index in [1.165, 1.54) is 16.7 Å². The quantitative estimate of drug-likeness (QED) is 0.888. The van der Waals surface area contributed by atoms with Crippen molar-refractivity contribution in [1.82, 2.24) is 4.90 Å². The van der Waals surface area contributed by atoms with Crippen LogP contribution in [0.2, 0.25) is 0 Å². The summed E-state index contributed by atoms with van der Waals surface area (Å²) in [5.41, 5.74) is 9.43. The number of nitrogens with zero attached hydrogens (tertiary/aromatic N) is 1. The molecule has 3 heteroatoms. The first-order chi connectivity index (χ1) is 8.52. The van der Waals surface area contributed by atoms with Crippen LogP contribution in [0.4, 0.5) is 0 Å². The zero-order valence-electron chi connectivity index (χ0n) is 11.4. The Morgan fingerprint density at radius 2 is 2.17 bits per heavy atom. The first-order valence-corrected chi connectivity index (χ1v) is 6.59. The van der Waals surface area contributed by atoms with Gasteiger partial charge in [0.15, 0.2) is 0 Å². The molecule has 0 aromatic heterocycles. The zero-order chi connectivity index (χ0) is 13.3. The van der Waals surface area contributed by atoms with Crippen molar-refractivity contribution in [1.29, 1.82) is 0 Å². The highest BCUT2D eigenvalue weighted by atomic mass is 16.2. The molecule has 0 spiro atoms. The summed E-state index contributed by atoms with van der Waals surface area (Å²) in [5.74, 6) is 0.559. The minimum atomic E-state index is 0.148. The van der Waals surface area contributed by atoms with Crippen molar-refractivity contribution in [3.8, 4) is 0 Å². The van der Waals surface area contributed by atoms with E-state index in [0.717, 1.165) is 6.54 Å². The lowest BCUT2D eigenvalue weighted by Gasteiger charge is -2.26. The molecule has 18 heavy (non-hydrogen) atoms. The number of rotatable bonds is 3. The third-order valence-corrected chi connectivity index (χ3v) is 3.91. The predicted molar refractivity (Wildman–Crippen MR) is 73.2 cm³/mol. The molecule has 2 rings (SSSR count). The fraction of sp³-hybridized carbons (Fsp3) is 0.533. The highest BCUT2D eigenvalue weighted by molar-refractivity contribution is 5.79. The standard InChI is InChI=1S/C15H22N2O/c1-10-4-5-14(11(2)6-10)12(3)17-9-13(8-16)7-15(17)18/h4-6,12-13H,7-9,16H2,1-3H3. The molecule has 1 aliphatic rings. The Bertz CT molecular complexity index is 456. The number of hydrogen-bond donors (Lipinski definition) is 1. The van der Waals surface area contributed by atoms with Crippen LogP contribution in [-0.2, 0) is 4.79 Å². The van der Waals surface area contributed by atoms with E-state index >= 15 is 0 Å². The predicted octanol–water partition coefficient (Wildman–Crippen LogP) is 2.17. The van der Waals surface area contributed by atoms with Crippen molar-refractivity contribution < 1.29 is 4.79 Å². The van der Waals surface area contributed by atoms with Gasteiger partial charge < -0.3 is 10.6 Å². The van der Waals surface area contributed by atoms with Crippen molar-refractivity contribution in [2.75, 3.05) is 13.1 Å². The lowest BCUT2D eigenvalue weighted by atomic mass is 9.99. The highest BCUT2D eigenvalue weighted by Crippen LogP contribution is 2.29. The summed E-state index contributed by atoms with van der Waals surface area (Å²) in [4.78, 5) is 14.0. The third kappa shape index (κ3) is 2.41. The van der Waals surface area contributed by atoms with E-state index in [4.69, 9.17) is 5.73 Å². The molecule has 1 aliphatic heterocycles. The van der Waals surface area contributed by atoms with Gasteiger partial charge in [-0.3, -0.25) is 4.79 Å². The van der Waals surface area contributed by atoms with Crippen LogP contribution in [-0.4, -0.2) is 23.9 Å². The van der Waals surface area contributed by atoms with E-state index in [-0.39, 0.29) is 11.9 Å². The molecule has 1 saturated heterocycles. The van der Waals surface area contributed by atoms with E-state index in [0.29, 0.717) is 18.9 Å². The summed E-state index contributed by atoms with van der Waals surface area (Å²) >= 11 is 0. The van der Waals surface area contributed by atoms with Gasteiger partial charge in [0, 0.05) is 13.0 Å². The number of benzene rings is 1. The molecule has 0 radical (unpaired) electrons. The maximum absolute atomic E-state index is 12.0. The summed E-state index contributed by atoms with van der Waals surface area (Å²) in [6.07, 6.45) is 0.603. The average Bonchev–Trinajstić information content (AvgIpc) is 2.70. The van der Waals surface area contributed by atoms with E-state index < -0.39 is 0 Å². The molecule has 98 valence electrons. The number of carbonyl (C=O) groups is 1. The minimum Gasteiger partial charge on any atom is -0.336 e. The van der Waals surface area contributed by atoms with E-state index in [9.17, 15) is 4.79 Å². The molecule has 3 nitrogen and oxygen atoms in total. The molecule has 0 saturated carbocycles. The summed E-state index contributed by atoms with van der Waals surface area (Å²) in [6, 6.07) is 6.57. The fourth-order valence-electron chi connectivity index (χ4n) is 2.80. The monoisotopic (exact) mass is 246 g/mol.